The standard InChI is InChI=1S/C16H22F3NO/c1-15(2)9-4-3-8-14(15)20-11-12-6-5-7-13(10-12)21-16(17,18)19/h5-7,10,14,20H,3-4,8-9,11H2,1-2H3. The van der Waals surface area contributed by atoms with E-state index in [1.165, 1.54) is 31.4 Å². The van der Waals surface area contributed by atoms with Crippen LogP contribution in [0.2, 0.25) is 0 Å². The van der Waals surface area contributed by atoms with Gasteiger partial charge in [0.15, 0.2) is 0 Å². The molecule has 2 nitrogen and oxygen atoms in total. The van der Waals surface area contributed by atoms with Gasteiger partial charge < -0.3 is 10.1 Å². The van der Waals surface area contributed by atoms with Crippen molar-refractivity contribution in [3.8, 4) is 5.75 Å². The molecule has 0 spiro atoms. The zero-order chi connectivity index (χ0) is 15.5. The van der Waals surface area contributed by atoms with Crippen molar-refractivity contribution in [3.05, 3.63) is 29.8 Å². The molecule has 2 rings (SSSR count). The van der Waals surface area contributed by atoms with Crippen LogP contribution in [0.5, 0.6) is 5.75 Å². The van der Waals surface area contributed by atoms with Crippen molar-refractivity contribution >= 4 is 0 Å². The van der Waals surface area contributed by atoms with Gasteiger partial charge in [0.1, 0.15) is 5.75 Å². The van der Waals surface area contributed by atoms with E-state index in [2.05, 4.69) is 23.9 Å². The van der Waals surface area contributed by atoms with Gasteiger partial charge in [-0.15, -0.1) is 13.2 Å². The van der Waals surface area contributed by atoms with Gasteiger partial charge in [-0.3, -0.25) is 0 Å². The summed E-state index contributed by atoms with van der Waals surface area (Å²) in [6.45, 7) is 5.04. The summed E-state index contributed by atoms with van der Waals surface area (Å²) in [4.78, 5) is 0. The Morgan fingerprint density at radius 2 is 2.05 bits per heavy atom. The summed E-state index contributed by atoms with van der Waals surface area (Å²) in [5.41, 5.74) is 1.04. The molecule has 0 saturated heterocycles. The second-order valence-electron chi connectivity index (χ2n) is 6.36. The van der Waals surface area contributed by atoms with Crippen LogP contribution in [0.3, 0.4) is 0 Å². The van der Waals surface area contributed by atoms with Gasteiger partial charge in [-0.05, 0) is 36.0 Å². The van der Waals surface area contributed by atoms with Crippen LogP contribution in [0.25, 0.3) is 0 Å². The van der Waals surface area contributed by atoms with Gasteiger partial charge in [0.2, 0.25) is 0 Å². The van der Waals surface area contributed by atoms with Crippen LogP contribution < -0.4 is 10.1 Å². The number of alkyl halides is 3. The lowest BCUT2D eigenvalue weighted by atomic mass is 9.73. The maximum atomic E-state index is 12.2. The molecule has 0 heterocycles. The molecule has 0 aliphatic heterocycles. The van der Waals surface area contributed by atoms with E-state index in [0.29, 0.717) is 12.6 Å². The fraction of sp³-hybridized carbons (Fsp3) is 0.625. The number of halogens is 3. The van der Waals surface area contributed by atoms with Crippen LogP contribution in [0.4, 0.5) is 13.2 Å². The quantitative estimate of drug-likeness (QED) is 0.874. The summed E-state index contributed by atoms with van der Waals surface area (Å²) in [5.74, 6) is -0.162. The summed E-state index contributed by atoms with van der Waals surface area (Å²) >= 11 is 0. The van der Waals surface area contributed by atoms with Gasteiger partial charge in [0.05, 0.1) is 0 Å². The molecule has 1 atom stereocenters. The predicted octanol–water partition coefficient (Wildman–Crippen LogP) is 4.64. The van der Waals surface area contributed by atoms with Crippen molar-refractivity contribution in [1.29, 1.82) is 0 Å². The van der Waals surface area contributed by atoms with E-state index in [4.69, 9.17) is 0 Å². The highest BCUT2D eigenvalue weighted by molar-refractivity contribution is 5.28. The second kappa shape index (κ2) is 6.26. The van der Waals surface area contributed by atoms with Crippen molar-refractivity contribution in [2.75, 3.05) is 0 Å². The number of hydrogen-bond donors (Lipinski definition) is 1. The summed E-state index contributed by atoms with van der Waals surface area (Å²) in [6.07, 6.45) is 0.115. The molecule has 1 unspecified atom stereocenters. The van der Waals surface area contributed by atoms with Gasteiger partial charge in [-0.2, -0.15) is 0 Å². The molecule has 1 fully saturated rings. The molecule has 1 N–H and O–H groups in total. The maximum absolute atomic E-state index is 12.2. The highest BCUT2D eigenvalue weighted by Gasteiger charge is 2.32. The average Bonchev–Trinajstić information content (AvgIpc) is 2.35. The summed E-state index contributed by atoms with van der Waals surface area (Å²) in [7, 11) is 0. The summed E-state index contributed by atoms with van der Waals surface area (Å²) in [5, 5.41) is 3.48. The SMILES string of the molecule is CC1(C)CCCCC1NCc1cccc(OC(F)(F)F)c1. The Balaban J connectivity index is 1.95. The minimum Gasteiger partial charge on any atom is -0.406 e. The van der Waals surface area contributed by atoms with Crippen molar-refractivity contribution in [2.45, 2.75) is 58.5 Å². The zero-order valence-corrected chi connectivity index (χ0v) is 12.5. The number of nitrogens with one attached hydrogen (secondary N) is 1. The van der Waals surface area contributed by atoms with Gasteiger partial charge in [0, 0.05) is 12.6 Å². The first kappa shape index (κ1) is 16.1. The zero-order valence-electron chi connectivity index (χ0n) is 12.5. The first-order valence-corrected chi connectivity index (χ1v) is 7.34. The molecule has 118 valence electrons. The first-order chi connectivity index (χ1) is 9.76. The molecular weight excluding hydrogens is 279 g/mol. The molecule has 0 bridgehead atoms. The lowest BCUT2D eigenvalue weighted by Gasteiger charge is -2.39. The van der Waals surface area contributed by atoms with Crippen LogP contribution in [0.15, 0.2) is 24.3 Å². The number of benzene rings is 1. The minimum atomic E-state index is -4.64. The van der Waals surface area contributed by atoms with Crippen molar-refractivity contribution in [2.24, 2.45) is 5.41 Å². The Morgan fingerprint density at radius 1 is 1.29 bits per heavy atom. The molecule has 5 heteroatoms. The minimum absolute atomic E-state index is 0.162. The van der Waals surface area contributed by atoms with E-state index in [1.54, 1.807) is 6.07 Å². The van der Waals surface area contributed by atoms with E-state index < -0.39 is 6.36 Å². The Labute approximate surface area is 123 Å². The summed E-state index contributed by atoms with van der Waals surface area (Å²) < 4.78 is 40.6. The van der Waals surface area contributed by atoms with E-state index in [0.717, 1.165) is 12.0 Å². The smallest absolute Gasteiger partial charge is 0.406 e. The number of rotatable bonds is 4. The third-order valence-corrected chi connectivity index (χ3v) is 4.19. The molecule has 1 aliphatic rings. The Kier molecular flexibility index (Phi) is 4.81. The first-order valence-electron chi connectivity index (χ1n) is 7.34. The van der Waals surface area contributed by atoms with E-state index in [-0.39, 0.29) is 11.2 Å². The summed E-state index contributed by atoms with van der Waals surface area (Å²) in [6, 6.07) is 6.56. The van der Waals surface area contributed by atoms with Crippen LogP contribution in [-0.4, -0.2) is 12.4 Å². The molecule has 1 aromatic carbocycles. The highest BCUT2D eigenvalue weighted by Crippen LogP contribution is 2.35. The van der Waals surface area contributed by atoms with Gasteiger partial charge in [-0.25, -0.2) is 0 Å². The van der Waals surface area contributed by atoms with Crippen molar-refractivity contribution < 1.29 is 17.9 Å². The molecule has 21 heavy (non-hydrogen) atoms. The van der Waals surface area contributed by atoms with Gasteiger partial charge in [-0.1, -0.05) is 38.8 Å². The Morgan fingerprint density at radius 3 is 2.71 bits per heavy atom. The van der Waals surface area contributed by atoms with Crippen molar-refractivity contribution in [3.63, 3.8) is 0 Å². The molecule has 0 amide bonds. The topological polar surface area (TPSA) is 21.3 Å². The van der Waals surface area contributed by atoms with Gasteiger partial charge >= 0.3 is 6.36 Å². The Hall–Kier alpha value is -1.23. The fourth-order valence-electron chi connectivity index (χ4n) is 2.97. The highest BCUT2D eigenvalue weighted by atomic mass is 19.4. The maximum Gasteiger partial charge on any atom is 0.573 e. The van der Waals surface area contributed by atoms with E-state index >= 15 is 0 Å². The average molecular weight is 301 g/mol. The van der Waals surface area contributed by atoms with Crippen LogP contribution >= 0.6 is 0 Å². The third kappa shape index (κ3) is 4.92. The molecule has 0 radical (unpaired) electrons. The third-order valence-electron chi connectivity index (χ3n) is 4.19. The van der Waals surface area contributed by atoms with Crippen LogP contribution in [-0.2, 0) is 6.54 Å². The van der Waals surface area contributed by atoms with E-state index in [9.17, 15) is 13.2 Å². The monoisotopic (exact) mass is 301 g/mol. The van der Waals surface area contributed by atoms with Crippen LogP contribution in [0.1, 0.15) is 45.1 Å². The predicted molar refractivity (Wildman–Crippen MR) is 76.0 cm³/mol. The fourth-order valence-corrected chi connectivity index (χ4v) is 2.97. The lowest BCUT2D eigenvalue weighted by molar-refractivity contribution is -0.274. The number of hydrogen-bond acceptors (Lipinski definition) is 2. The van der Waals surface area contributed by atoms with E-state index in [1.807, 2.05) is 6.07 Å². The normalized spacial score (nSPS) is 22.0. The molecule has 1 saturated carbocycles. The van der Waals surface area contributed by atoms with Crippen LogP contribution in [0, 0.1) is 5.41 Å². The second-order valence-corrected chi connectivity index (χ2v) is 6.36. The largest absolute Gasteiger partial charge is 0.573 e. The molecule has 0 aromatic heterocycles. The Bertz CT molecular complexity index is 471. The van der Waals surface area contributed by atoms with Crippen molar-refractivity contribution in [1.82, 2.24) is 5.32 Å². The van der Waals surface area contributed by atoms with Gasteiger partial charge in [0.25, 0.3) is 0 Å². The molecular formula is C16H22F3NO. The molecule has 1 aliphatic carbocycles. The lowest BCUT2D eigenvalue weighted by Crippen LogP contribution is -2.43. The number of ether oxygens (including phenoxy) is 1. The molecule has 1 aromatic rings.